The van der Waals surface area contributed by atoms with E-state index in [9.17, 15) is 18.0 Å². The van der Waals surface area contributed by atoms with Crippen molar-refractivity contribution in [1.29, 1.82) is 0 Å². The zero-order valence-electron chi connectivity index (χ0n) is 16.0. The zero-order chi connectivity index (χ0) is 20.0. The fourth-order valence-corrected chi connectivity index (χ4v) is 5.43. The molecule has 1 saturated heterocycles. The van der Waals surface area contributed by atoms with Crippen LogP contribution in [0.4, 0.5) is 11.4 Å². The summed E-state index contributed by atoms with van der Waals surface area (Å²) in [5.41, 5.74) is 0.0996. The summed E-state index contributed by atoms with van der Waals surface area (Å²) in [4.78, 5) is 25.5. The average Bonchev–Trinajstić information content (AvgIpc) is 2.80. The summed E-state index contributed by atoms with van der Waals surface area (Å²) in [6.45, 7) is 5.23. The minimum absolute atomic E-state index is 0.220. The normalized spacial score (nSPS) is 19.8. The van der Waals surface area contributed by atoms with Crippen LogP contribution in [0.1, 0.15) is 33.6 Å². The molecule has 2 heterocycles. The number of likely N-dealkylation sites (tertiary alicyclic amines) is 1. The number of hydrogen-bond donors (Lipinski definition) is 0. The molecule has 0 radical (unpaired) electrons. The minimum Gasteiger partial charge on any atom is -0.450 e. The Morgan fingerprint density at radius 2 is 1.67 bits per heavy atom. The summed E-state index contributed by atoms with van der Waals surface area (Å²) in [7, 11) is -2.06. The lowest BCUT2D eigenvalue weighted by molar-refractivity contribution is -0.169. The van der Waals surface area contributed by atoms with E-state index in [1.165, 1.54) is 15.5 Å². The fraction of sp³-hybridized carbons (Fsp3) is 0.556. The highest BCUT2D eigenvalue weighted by Gasteiger charge is 2.44. The number of esters is 1. The van der Waals surface area contributed by atoms with Crippen molar-refractivity contribution in [1.82, 2.24) is 4.90 Å². The van der Waals surface area contributed by atoms with Crippen molar-refractivity contribution >= 4 is 33.5 Å². The van der Waals surface area contributed by atoms with Gasteiger partial charge in [-0.05, 0) is 38.8 Å². The van der Waals surface area contributed by atoms with Crippen molar-refractivity contribution < 1.29 is 22.7 Å². The Bertz CT molecular complexity index is 860. The van der Waals surface area contributed by atoms with Gasteiger partial charge in [-0.3, -0.25) is 13.9 Å². The predicted octanol–water partition coefficient (Wildman–Crippen LogP) is 1.52. The summed E-state index contributed by atoms with van der Waals surface area (Å²) >= 11 is 0. The predicted molar refractivity (Wildman–Crippen MR) is 102 cm³/mol. The first-order valence-electron chi connectivity index (χ1n) is 8.92. The van der Waals surface area contributed by atoms with Gasteiger partial charge in [0.25, 0.3) is 5.91 Å². The molecule has 0 unspecified atom stereocenters. The lowest BCUT2D eigenvalue weighted by Crippen LogP contribution is -2.54. The third kappa shape index (κ3) is 3.36. The van der Waals surface area contributed by atoms with Gasteiger partial charge in [-0.15, -0.1) is 0 Å². The summed E-state index contributed by atoms with van der Waals surface area (Å²) < 4.78 is 33.6. The molecule has 2 aliphatic rings. The van der Waals surface area contributed by atoms with E-state index in [0.717, 1.165) is 0 Å². The molecule has 27 heavy (non-hydrogen) atoms. The SMILES string of the molecule is CC(=O)OC(C)(C)C(=O)N1CCC(N2c3ccccc3N(C)S2(=O)=O)CC1. The van der Waals surface area contributed by atoms with Gasteiger partial charge in [0.2, 0.25) is 0 Å². The number of anilines is 2. The number of ether oxygens (including phenoxy) is 1. The van der Waals surface area contributed by atoms with Crippen molar-refractivity contribution in [2.24, 2.45) is 0 Å². The van der Waals surface area contributed by atoms with Crippen LogP contribution in [0, 0.1) is 0 Å². The van der Waals surface area contributed by atoms with Gasteiger partial charge < -0.3 is 9.64 Å². The van der Waals surface area contributed by atoms with Gasteiger partial charge in [-0.1, -0.05) is 12.1 Å². The van der Waals surface area contributed by atoms with Gasteiger partial charge in [-0.25, -0.2) is 4.31 Å². The highest BCUT2D eigenvalue weighted by molar-refractivity contribution is 7.94. The second kappa shape index (κ2) is 6.70. The van der Waals surface area contributed by atoms with E-state index in [0.29, 0.717) is 37.3 Å². The molecule has 0 aromatic heterocycles. The Balaban J connectivity index is 1.75. The first-order chi connectivity index (χ1) is 12.6. The maximum Gasteiger partial charge on any atom is 0.326 e. The number of piperidine rings is 1. The quantitative estimate of drug-likeness (QED) is 0.724. The maximum atomic E-state index is 12.9. The number of amides is 1. The third-order valence-electron chi connectivity index (χ3n) is 5.05. The number of carbonyl (C=O) groups is 2. The van der Waals surface area contributed by atoms with E-state index in [-0.39, 0.29) is 11.9 Å². The number of nitrogens with zero attached hydrogens (tertiary/aromatic N) is 3. The largest absolute Gasteiger partial charge is 0.450 e. The maximum absolute atomic E-state index is 12.9. The average molecular weight is 395 g/mol. The molecule has 0 saturated carbocycles. The molecule has 0 bridgehead atoms. The molecular weight excluding hydrogens is 370 g/mol. The first-order valence-corrected chi connectivity index (χ1v) is 10.3. The zero-order valence-corrected chi connectivity index (χ0v) is 16.8. The van der Waals surface area contributed by atoms with Crippen LogP contribution in [-0.2, 0) is 24.5 Å². The van der Waals surface area contributed by atoms with Crippen LogP contribution >= 0.6 is 0 Å². The second-order valence-electron chi connectivity index (χ2n) is 7.39. The second-order valence-corrected chi connectivity index (χ2v) is 9.22. The summed E-state index contributed by atoms with van der Waals surface area (Å²) in [5, 5.41) is 0. The van der Waals surface area contributed by atoms with Crippen LogP contribution < -0.4 is 8.61 Å². The van der Waals surface area contributed by atoms with Crippen molar-refractivity contribution in [2.45, 2.75) is 45.3 Å². The standard InChI is InChI=1S/C18H25N3O5S/c1-13(22)26-18(2,3)17(23)20-11-9-14(10-12-20)21-16-8-6-5-7-15(16)19(4)27(21,24)25/h5-8,14H,9-12H2,1-4H3. The molecule has 1 amide bonds. The molecular formula is C18H25N3O5S. The first kappa shape index (κ1) is 19.5. The number of carbonyl (C=O) groups excluding carboxylic acids is 2. The topological polar surface area (TPSA) is 87.2 Å². The van der Waals surface area contributed by atoms with Gasteiger partial charge >= 0.3 is 16.2 Å². The monoisotopic (exact) mass is 395 g/mol. The molecule has 0 atom stereocenters. The van der Waals surface area contributed by atoms with Crippen LogP contribution in [0.2, 0.25) is 0 Å². The molecule has 3 rings (SSSR count). The van der Waals surface area contributed by atoms with E-state index in [1.807, 2.05) is 12.1 Å². The summed E-state index contributed by atoms with van der Waals surface area (Å²) in [5.74, 6) is -0.774. The van der Waals surface area contributed by atoms with Crippen LogP contribution in [0.25, 0.3) is 0 Å². The van der Waals surface area contributed by atoms with Crippen molar-refractivity contribution in [3.05, 3.63) is 24.3 Å². The molecule has 148 valence electrons. The Labute approximate surface area is 159 Å². The molecule has 1 fully saturated rings. The Kier molecular flexibility index (Phi) is 4.83. The molecule has 1 aromatic rings. The van der Waals surface area contributed by atoms with Crippen LogP contribution in [0.15, 0.2) is 24.3 Å². The van der Waals surface area contributed by atoms with Crippen molar-refractivity contribution in [3.63, 3.8) is 0 Å². The van der Waals surface area contributed by atoms with Gasteiger partial charge in [0.1, 0.15) is 0 Å². The lowest BCUT2D eigenvalue weighted by Gasteiger charge is -2.39. The summed E-state index contributed by atoms with van der Waals surface area (Å²) in [6, 6.07) is 7.00. The number of fused-ring (bicyclic) bond motifs is 1. The fourth-order valence-electron chi connectivity index (χ4n) is 3.77. The number of rotatable bonds is 3. The number of para-hydroxylation sites is 2. The highest BCUT2D eigenvalue weighted by atomic mass is 32.2. The Morgan fingerprint density at radius 1 is 1.11 bits per heavy atom. The van der Waals surface area contributed by atoms with E-state index in [1.54, 1.807) is 37.9 Å². The van der Waals surface area contributed by atoms with Crippen LogP contribution in [-0.4, -0.2) is 57.0 Å². The molecule has 2 aliphatic heterocycles. The van der Waals surface area contributed by atoms with Gasteiger partial charge in [0, 0.05) is 27.1 Å². The number of hydrogen-bond acceptors (Lipinski definition) is 5. The lowest BCUT2D eigenvalue weighted by atomic mass is 10.0. The van der Waals surface area contributed by atoms with Gasteiger partial charge in [0.15, 0.2) is 5.60 Å². The van der Waals surface area contributed by atoms with E-state index < -0.39 is 21.8 Å². The molecule has 1 aromatic carbocycles. The van der Waals surface area contributed by atoms with Crippen LogP contribution in [0.3, 0.4) is 0 Å². The smallest absolute Gasteiger partial charge is 0.326 e. The van der Waals surface area contributed by atoms with E-state index in [4.69, 9.17) is 4.74 Å². The Morgan fingerprint density at radius 3 is 2.22 bits per heavy atom. The highest BCUT2D eigenvalue weighted by Crippen LogP contribution is 2.42. The molecule has 8 nitrogen and oxygen atoms in total. The van der Waals surface area contributed by atoms with E-state index in [2.05, 4.69) is 0 Å². The Hall–Kier alpha value is -2.29. The van der Waals surface area contributed by atoms with Gasteiger partial charge in [-0.2, -0.15) is 8.42 Å². The molecule has 0 spiro atoms. The molecule has 0 aliphatic carbocycles. The minimum atomic E-state index is -3.61. The van der Waals surface area contributed by atoms with Crippen LogP contribution in [0.5, 0.6) is 0 Å². The molecule has 9 heteroatoms. The van der Waals surface area contributed by atoms with Crippen molar-refractivity contribution in [3.8, 4) is 0 Å². The number of benzene rings is 1. The van der Waals surface area contributed by atoms with Gasteiger partial charge in [0.05, 0.1) is 17.4 Å². The summed E-state index contributed by atoms with van der Waals surface area (Å²) in [6.07, 6.45) is 1.03. The van der Waals surface area contributed by atoms with Crippen molar-refractivity contribution in [2.75, 3.05) is 28.7 Å². The third-order valence-corrected chi connectivity index (χ3v) is 6.93. The van der Waals surface area contributed by atoms with E-state index >= 15 is 0 Å². The molecule has 0 N–H and O–H groups in total.